The van der Waals surface area contributed by atoms with Gasteiger partial charge in [0.1, 0.15) is 0 Å². The molecule has 3 nitrogen and oxygen atoms in total. The number of halogens is 3. The fourth-order valence-electron chi connectivity index (χ4n) is 6.42. The summed E-state index contributed by atoms with van der Waals surface area (Å²) in [6.45, 7) is 0. The van der Waals surface area contributed by atoms with Crippen molar-refractivity contribution in [1.29, 1.82) is 5.26 Å². The Labute approximate surface area is 133 Å². The maximum Gasteiger partial charge on any atom is 0.227 e. The molecular formula is C10H5I3N2O. The number of carbonyl (C=O) groups excluding carboxylic acids is 1. The molecule has 0 radical (unpaired) electrons. The third kappa shape index (κ3) is 0.365. The van der Waals surface area contributed by atoms with Gasteiger partial charge in [0.25, 0.3) is 0 Å². The van der Waals surface area contributed by atoms with Gasteiger partial charge in [0.05, 0.1) is 27.2 Å². The lowest BCUT2D eigenvalue weighted by molar-refractivity contribution is -0.545. The van der Waals surface area contributed by atoms with Crippen molar-refractivity contribution in [3.05, 3.63) is 0 Å². The van der Waals surface area contributed by atoms with Gasteiger partial charge in [-0.1, -0.05) is 67.8 Å². The number of primary amides is 1. The first-order valence-corrected chi connectivity index (χ1v) is 8.37. The van der Waals surface area contributed by atoms with E-state index in [1.54, 1.807) is 0 Å². The van der Waals surface area contributed by atoms with Gasteiger partial charge >= 0.3 is 0 Å². The molecule has 0 bridgehead atoms. The van der Waals surface area contributed by atoms with Gasteiger partial charge in [-0.2, -0.15) is 5.26 Å². The minimum absolute atomic E-state index is 0.0312. The molecule has 0 saturated heterocycles. The molecule has 6 fully saturated rings. The predicted octanol–water partition coefficient (Wildman–Crippen LogP) is 1.41. The van der Waals surface area contributed by atoms with Crippen LogP contribution in [0, 0.1) is 39.9 Å². The van der Waals surface area contributed by atoms with Crippen LogP contribution in [-0.2, 0) is 4.79 Å². The normalized spacial score (nSPS) is 82.5. The van der Waals surface area contributed by atoms with E-state index in [2.05, 4.69) is 73.8 Å². The Hall–Kier alpha value is 1.15. The number of nitrogens with two attached hydrogens (primary N) is 1. The van der Waals surface area contributed by atoms with E-state index in [0.717, 1.165) is 0 Å². The average molecular weight is 550 g/mol. The number of hydrogen-bond acceptors (Lipinski definition) is 2. The van der Waals surface area contributed by atoms with Gasteiger partial charge in [0.15, 0.2) is 0 Å². The van der Waals surface area contributed by atoms with Crippen LogP contribution in [0.2, 0.25) is 0 Å². The Balaban J connectivity index is 1.82. The molecule has 2 N–H and O–H groups in total. The highest BCUT2D eigenvalue weighted by molar-refractivity contribution is 14.1. The molecule has 0 atom stereocenters. The summed E-state index contributed by atoms with van der Waals surface area (Å²) in [7, 11) is 0. The quantitative estimate of drug-likeness (QED) is 0.397. The van der Waals surface area contributed by atoms with Crippen LogP contribution >= 0.6 is 67.8 Å². The molecule has 0 unspecified atom stereocenters. The first-order valence-electron chi connectivity index (χ1n) is 5.13. The molecule has 0 heterocycles. The van der Waals surface area contributed by atoms with Gasteiger partial charge < -0.3 is 5.73 Å². The van der Waals surface area contributed by atoms with E-state index < -0.39 is 0 Å². The second-order valence-corrected chi connectivity index (χ2v) is 11.1. The van der Waals surface area contributed by atoms with Crippen LogP contribution in [0.5, 0.6) is 0 Å². The van der Waals surface area contributed by atoms with Crippen molar-refractivity contribution in [2.75, 3.05) is 0 Å². The van der Waals surface area contributed by atoms with E-state index in [9.17, 15) is 10.1 Å². The molecule has 0 aromatic carbocycles. The average Bonchev–Trinajstić information content (AvgIpc) is 2.13. The maximum absolute atomic E-state index is 11.9. The Bertz CT molecular complexity index is 509. The van der Waals surface area contributed by atoms with Gasteiger partial charge in [-0.25, -0.2) is 0 Å². The van der Waals surface area contributed by atoms with E-state index in [-0.39, 0.29) is 27.0 Å². The zero-order valence-corrected chi connectivity index (χ0v) is 14.3. The Morgan fingerprint density at radius 1 is 1.12 bits per heavy atom. The minimum Gasteiger partial charge on any atom is -0.369 e. The number of hydrogen-bond donors (Lipinski definition) is 1. The van der Waals surface area contributed by atoms with Crippen molar-refractivity contribution in [3.63, 3.8) is 0 Å². The van der Waals surface area contributed by atoms with Crippen LogP contribution in [0.15, 0.2) is 0 Å². The molecule has 6 rings (SSSR count). The molecule has 82 valence electrons. The summed E-state index contributed by atoms with van der Waals surface area (Å²) in [5, 5.41) is 9.41. The molecule has 0 aromatic heterocycles. The molecule has 6 aliphatic rings. The van der Waals surface area contributed by atoms with Gasteiger partial charge in [-0.05, 0) is 0 Å². The molecule has 0 aliphatic heterocycles. The Morgan fingerprint density at radius 2 is 1.50 bits per heavy atom. The number of rotatable bonds is 1. The summed E-state index contributed by atoms with van der Waals surface area (Å²) < 4.78 is 0.0936. The van der Waals surface area contributed by atoms with Crippen molar-refractivity contribution in [2.45, 2.75) is 10.3 Å². The first kappa shape index (κ1) is 10.00. The van der Waals surface area contributed by atoms with Gasteiger partial charge in [-0.15, -0.1) is 0 Å². The molecule has 6 aliphatic carbocycles. The highest BCUT2D eigenvalue weighted by Gasteiger charge is 3.26. The van der Waals surface area contributed by atoms with Crippen LogP contribution in [-0.4, -0.2) is 16.2 Å². The van der Waals surface area contributed by atoms with Crippen LogP contribution in [0.3, 0.4) is 0 Å². The molecule has 6 saturated carbocycles. The summed E-state index contributed by atoms with van der Waals surface area (Å²) in [5.41, 5.74) is 5.33. The molecule has 1 amide bonds. The lowest BCUT2D eigenvalue weighted by atomic mass is 8.92. The minimum atomic E-state index is -0.298. The monoisotopic (exact) mass is 550 g/mol. The number of carbonyl (C=O) groups is 1. The predicted molar refractivity (Wildman–Crippen MR) is 80.4 cm³/mol. The highest BCUT2D eigenvalue weighted by atomic mass is 127. The standard InChI is InChI=1S/C10H5I3N2O/c11-7-2-6(1-14)3(7)9(13)4(6)8(2,12)10(7,9)5(15)16/h2-4H,(H2,15,16). The largest absolute Gasteiger partial charge is 0.369 e. The summed E-state index contributed by atoms with van der Waals surface area (Å²) in [6.07, 6.45) is 0. The highest BCUT2D eigenvalue weighted by Crippen LogP contribution is 3.18. The zero-order valence-electron chi connectivity index (χ0n) is 7.80. The summed E-state index contributed by atoms with van der Waals surface area (Å²) in [5.74, 6) is 1.16. The number of nitriles is 1. The summed E-state index contributed by atoms with van der Waals surface area (Å²) >= 11 is 7.32. The molecule has 6 heteroatoms. The zero-order chi connectivity index (χ0) is 11.5. The Kier molecular flexibility index (Phi) is 1.19. The first-order chi connectivity index (χ1) is 7.35. The molecule has 16 heavy (non-hydrogen) atoms. The van der Waals surface area contributed by atoms with Crippen LogP contribution in [0.1, 0.15) is 0 Å². The van der Waals surface area contributed by atoms with Crippen LogP contribution in [0.4, 0.5) is 0 Å². The van der Waals surface area contributed by atoms with Crippen molar-refractivity contribution in [2.24, 2.45) is 34.3 Å². The van der Waals surface area contributed by atoms with Crippen molar-refractivity contribution < 1.29 is 4.79 Å². The topological polar surface area (TPSA) is 66.9 Å². The SMILES string of the molecule is N#CC12C3C4(I)C1C1(I)C2C3(I)C41C(N)=O. The second-order valence-electron chi connectivity index (χ2n) is 5.76. The molecular weight excluding hydrogens is 545 g/mol. The van der Waals surface area contributed by atoms with E-state index >= 15 is 0 Å². The van der Waals surface area contributed by atoms with Crippen molar-refractivity contribution >= 4 is 73.7 Å². The third-order valence-corrected chi connectivity index (χ3v) is 12.4. The lowest BCUT2D eigenvalue weighted by Gasteiger charge is -3.16. The fraction of sp³-hybridized carbons (Fsp3) is 0.800. The van der Waals surface area contributed by atoms with Gasteiger partial charge in [0, 0.05) is 17.8 Å². The summed E-state index contributed by atoms with van der Waals surface area (Å²) in [6, 6.07) is 2.56. The molecule has 0 aromatic rings. The van der Waals surface area contributed by atoms with Crippen LogP contribution in [0.25, 0.3) is 0 Å². The van der Waals surface area contributed by atoms with E-state index in [1.165, 1.54) is 0 Å². The maximum atomic E-state index is 11.9. The summed E-state index contributed by atoms with van der Waals surface area (Å²) in [4.78, 5) is 11.9. The van der Waals surface area contributed by atoms with E-state index in [0.29, 0.717) is 17.8 Å². The van der Waals surface area contributed by atoms with Crippen molar-refractivity contribution in [1.82, 2.24) is 0 Å². The number of nitrogens with zero attached hydrogens (tertiary/aromatic N) is 1. The van der Waals surface area contributed by atoms with E-state index in [1.807, 2.05) is 0 Å². The smallest absolute Gasteiger partial charge is 0.227 e. The fourth-order valence-corrected chi connectivity index (χ4v) is 19.3. The Morgan fingerprint density at radius 3 is 1.75 bits per heavy atom. The third-order valence-electron chi connectivity index (χ3n) is 6.24. The van der Waals surface area contributed by atoms with Crippen LogP contribution < -0.4 is 5.73 Å². The molecule has 0 spiro atoms. The number of alkyl halides is 3. The van der Waals surface area contributed by atoms with E-state index in [4.69, 9.17) is 5.73 Å². The van der Waals surface area contributed by atoms with Gasteiger partial charge in [-0.3, -0.25) is 4.79 Å². The number of amides is 1. The van der Waals surface area contributed by atoms with Crippen molar-refractivity contribution in [3.8, 4) is 6.07 Å². The van der Waals surface area contributed by atoms with Gasteiger partial charge in [0.2, 0.25) is 5.91 Å². The lowest BCUT2D eigenvalue weighted by Crippen LogP contribution is -3.27. The second kappa shape index (κ2) is 1.90.